The zero-order valence-electron chi connectivity index (χ0n) is 12.8. The van der Waals surface area contributed by atoms with Crippen molar-refractivity contribution in [2.75, 3.05) is 11.4 Å². The van der Waals surface area contributed by atoms with Gasteiger partial charge in [0, 0.05) is 17.8 Å². The van der Waals surface area contributed by atoms with Crippen molar-refractivity contribution in [3.05, 3.63) is 65.5 Å². The number of nitrogens with two attached hydrogens (primary N) is 1. The standard InChI is InChI=1S/C18H20FN3O/c19-15-4-1-3-14(11-15)18(23)22(17-5-2-10-21-17)16-8-6-13(12-20)7-9-16/h1,3-4,6-9,11,17,21H,2,5,10,12,20H2. The van der Waals surface area contributed by atoms with Gasteiger partial charge in [0.2, 0.25) is 0 Å². The molecule has 1 saturated heterocycles. The Morgan fingerprint density at radius 1 is 1.26 bits per heavy atom. The van der Waals surface area contributed by atoms with Crippen molar-refractivity contribution in [1.29, 1.82) is 0 Å². The third-order valence-electron chi connectivity index (χ3n) is 4.09. The zero-order chi connectivity index (χ0) is 16.2. The molecule has 5 heteroatoms. The molecule has 23 heavy (non-hydrogen) atoms. The van der Waals surface area contributed by atoms with Crippen molar-refractivity contribution in [3.63, 3.8) is 0 Å². The van der Waals surface area contributed by atoms with Gasteiger partial charge in [-0.25, -0.2) is 4.39 Å². The molecule has 0 bridgehead atoms. The fraction of sp³-hybridized carbons (Fsp3) is 0.278. The van der Waals surface area contributed by atoms with Crippen molar-refractivity contribution in [2.45, 2.75) is 25.6 Å². The summed E-state index contributed by atoms with van der Waals surface area (Å²) in [5, 5.41) is 3.34. The van der Waals surface area contributed by atoms with E-state index in [1.165, 1.54) is 12.1 Å². The maximum Gasteiger partial charge on any atom is 0.259 e. The van der Waals surface area contributed by atoms with E-state index >= 15 is 0 Å². The molecule has 1 aliphatic heterocycles. The molecule has 3 rings (SSSR count). The highest BCUT2D eigenvalue weighted by atomic mass is 19.1. The summed E-state index contributed by atoms with van der Waals surface area (Å²) in [5.74, 6) is -0.613. The minimum Gasteiger partial charge on any atom is -0.326 e. The monoisotopic (exact) mass is 313 g/mol. The molecule has 0 spiro atoms. The molecule has 1 atom stereocenters. The number of nitrogens with zero attached hydrogens (tertiary/aromatic N) is 1. The number of benzene rings is 2. The van der Waals surface area contributed by atoms with Gasteiger partial charge < -0.3 is 5.73 Å². The van der Waals surface area contributed by atoms with Crippen LogP contribution in [0.2, 0.25) is 0 Å². The summed E-state index contributed by atoms with van der Waals surface area (Å²) in [6.45, 7) is 1.33. The second-order valence-electron chi connectivity index (χ2n) is 5.67. The molecule has 1 amide bonds. The summed E-state index contributed by atoms with van der Waals surface area (Å²) in [4.78, 5) is 14.6. The minimum absolute atomic E-state index is 0.0745. The van der Waals surface area contributed by atoms with Crippen LogP contribution in [0.3, 0.4) is 0 Å². The SMILES string of the molecule is NCc1ccc(N(C(=O)c2cccc(F)c2)C2CCCN2)cc1. The smallest absolute Gasteiger partial charge is 0.259 e. The first-order valence-electron chi connectivity index (χ1n) is 7.80. The lowest BCUT2D eigenvalue weighted by Gasteiger charge is -2.29. The van der Waals surface area contributed by atoms with E-state index in [1.807, 2.05) is 24.3 Å². The summed E-state index contributed by atoms with van der Waals surface area (Å²) in [7, 11) is 0. The molecule has 0 radical (unpaired) electrons. The van der Waals surface area contributed by atoms with E-state index in [1.54, 1.807) is 17.0 Å². The lowest BCUT2D eigenvalue weighted by molar-refractivity contribution is 0.0974. The average molecular weight is 313 g/mol. The molecule has 3 N–H and O–H groups in total. The topological polar surface area (TPSA) is 58.4 Å². The Hall–Kier alpha value is -2.24. The molecule has 1 fully saturated rings. The summed E-state index contributed by atoms with van der Waals surface area (Å²) in [6, 6.07) is 13.4. The summed E-state index contributed by atoms with van der Waals surface area (Å²) < 4.78 is 13.5. The fourth-order valence-electron chi connectivity index (χ4n) is 2.88. The van der Waals surface area contributed by atoms with Crippen molar-refractivity contribution in [2.24, 2.45) is 5.73 Å². The number of halogens is 1. The molecule has 1 unspecified atom stereocenters. The Kier molecular flexibility index (Phi) is 4.69. The van der Waals surface area contributed by atoms with E-state index in [0.29, 0.717) is 12.1 Å². The molecule has 0 aliphatic carbocycles. The van der Waals surface area contributed by atoms with Crippen LogP contribution < -0.4 is 16.0 Å². The van der Waals surface area contributed by atoms with Crippen molar-refractivity contribution in [1.82, 2.24) is 5.32 Å². The number of rotatable bonds is 4. The van der Waals surface area contributed by atoms with Crippen molar-refractivity contribution >= 4 is 11.6 Å². The molecule has 1 aliphatic rings. The Morgan fingerprint density at radius 3 is 2.65 bits per heavy atom. The quantitative estimate of drug-likeness (QED) is 0.912. The van der Waals surface area contributed by atoms with Gasteiger partial charge in [0.15, 0.2) is 0 Å². The number of hydrogen-bond acceptors (Lipinski definition) is 3. The Labute approximate surface area is 135 Å². The van der Waals surface area contributed by atoms with Crippen LogP contribution in [-0.4, -0.2) is 18.6 Å². The van der Waals surface area contributed by atoms with Gasteiger partial charge in [-0.15, -0.1) is 0 Å². The number of nitrogens with one attached hydrogen (secondary N) is 1. The van der Waals surface area contributed by atoms with Crippen molar-refractivity contribution < 1.29 is 9.18 Å². The normalized spacial score (nSPS) is 17.2. The van der Waals surface area contributed by atoms with Gasteiger partial charge in [0.1, 0.15) is 5.82 Å². The molecule has 2 aromatic rings. The first kappa shape index (κ1) is 15.6. The third kappa shape index (κ3) is 3.41. The van der Waals surface area contributed by atoms with E-state index in [4.69, 9.17) is 5.73 Å². The van der Waals surface area contributed by atoms with Gasteiger partial charge in [-0.2, -0.15) is 0 Å². The van der Waals surface area contributed by atoms with Gasteiger partial charge in [0.25, 0.3) is 5.91 Å². The number of anilines is 1. The highest BCUT2D eigenvalue weighted by Gasteiger charge is 2.28. The predicted molar refractivity (Wildman–Crippen MR) is 88.6 cm³/mol. The Balaban J connectivity index is 1.95. The van der Waals surface area contributed by atoms with Gasteiger partial charge in [-0.05, 0) is 55.3 Å². The molecule has 0 aromatic heterocycles. The summed E-state index contributed by atoms with van der Waals surface area (Å²) in [6.07, 6.45) is 1.81. The van der Waals surface area contributed by atoms with E-state index < -0.39 is 5.82 Å². The van der Waals surface area contributed by atoms with E-state index in [9.17, 15) is 9.18 Å². The molecule has 1 heterocycles. The maximum atomic E-state index is 13.5. The number of carbonyl (C=O) groups excluding carboxylic acids is 1. The van der Waals surface area contributed by atoms with E-state index in [-0.39, 0.29) is 12.1 Å². The zero-order valence-corrected chi connectivity index (χ0v) is 12.8. The third-order valence-corrected chi connectivity index (χ3v) is 4.09. The van der Waals surface area contributed by atoms with Crippen LogP contribution in [-0.2, 0) is 6.54 Å². The first-order valence-corrected chi connectivity index (χ1v) is 7.80. The maximum absolute atomic E-state index is 13.5. The Morgan fingerprint density at radius 2 is 2.04 bits per heavy atom. The largest absolute Gasteiger partial charge is 0.326 e. The Bertz CT molecular complexity index is 681. The van der Waals surface area contributed by atoms with Crippen LogP contribution in [0.25, 0.3) is 0 Å². The minimum atomic E-state index is -0.409. The number of carbonyl (C=O) groups is 1. The second-order valence-corrected chi connectivity index (χ2v) is 5.67. The van der Waals surface area contributed by atoms with Gasteiger partial charge in [-0.3, -0.25) is 15.0 Å². The molecule has 2 aromatic carbocycles. The first-order chi connectivity index (χ1) is 11.2. The van der Waals surface area contributed by atoms with Crippen LogP contribution in [0.4, 0.5) is 10.1 Å². The fourth-order valence-corrected chi connectivity index (χ4v) is 2.88. The van der Waals surface area contributed by atoms with Gasteiger partial charge in [-0.1, -0.05) is 18.2 Å². The van der Waals surface area contributed by atoms with Crippen molar-refractivity contribution in [3.8, 4) is 0 Å². The predicted octanol–water partition coefficient (Wildman–Crippen LogP) is 2.64. The molecule has 4 nitrogen and oxygen atoms in total. The number of hydrogen-bond donors (Lipinski definition) is 2. The van der Waals surface area contributed by atoms with Gasteiger partial charge >= 0.3 is 0 Å². The highest BCUT2D eigenvalue weighted by Crippen LogP contribution is 2.24. The van der Waals surface area contributed by atoms with Gasteiger partial charge in [0.05, 0.1) is 6.17 Å². The summed E-state index contributed by atoms with van der Waals surface area (Å²) >= 11 is 0. The van der Waals surface area contributed by atoms with E-state index in [2.05, 4.69) is 5.32 Å². The lowest BCUT2D eigenvalue weighted by atomic mass is 10.1. The molecular formula is C18H20FN3O. The van der Waals surface area contributed by atoms with Crippen LogP contribution in [0.1, 0.15) is 28.8 Å². The average Bonchev–Trinajstić information content (AvgIpc) is 3.10. The van der Waals surface area contributed by atoms with E-state index in [0.717, 1.165) is 30.6 Å². The van der Waals surface area contributed by atoms with Crippen LogP contribution >= 0.6 is 0 Å². The molecular weight excluding hydrogens is 293 g/mol. The lowest BCUT2D eigenvalue weighted by Crippen LogP contribution is -2.46. The number of amides is 1. The second kappa shape index (κ2) is 6.89. The molecule has 0 saturated carbocycles. The van der Waals surface area contributed by atoms with Crippen LogP contribution in [0, 0.1) is 5.82 Å². The molecule has 120 valence electrons. The van der Waals surface area contributed by atoms with Crippen LogP contribution in [0.15, 0.2) is 48.5 Å². The highest BCUT2D eigenvalue weighted by molar-refractivity contribution is 6.06. The van der Waals surface area contributed by atoms with Crippen LogP contribution in [0.5, 0.6) is 0 Å². The summed E-state index contributed by atoms with van der Waals surface area (Å²) in [5.41, 5.74) is 7.77.